The third-order valence-corrected chi connectivity index (χ3v) is 4.21. The van der Waals surface area contributed by atoms with Gasteiger partial charge in [-0.1, -0.05) is 0 Å². The van der Waals surface area contributed by atoms with Gasteiger partial charge in [-0.2, -0.15) is 5.10 Å². The first-order valence-electron chi connectivity index (χ1n) is 6.04. The van der Waals surface area contributed by atoms with Gasteiger partial charge < -0.3 is 15.2 Å². The zero-order valence-electron chi connectivity index (χ0n) is 12.2. The van der Waals surface area contributed by atoms with Crippen molar-refractivity contribution in [3.05, 3.63) is 18.2 Å². The largest absolute Gasteiger partial charge is 0.496 e. The highest BCUT2D eigenvalue weighted by molar-refractivity contribution is 7.91. The molecule has 21 heavy (non-hydrogen) atoms. The van der Waals surface area contributed by atoms with Crippen LogP contribution in [0.3, 0.4) is 0 Å². The number of nitrogen functional groups attached to an aromatic ring is 1. The first-order chi connectivity index (χ1) is 9.79. The average molecular weight is 311 g/mol. The number of nitrogens with two attached hydrogens (primary N) is 1. The van der Waals surface area contributed by atoms with Crippen molar-refractivity contribution >= 4 is 15.7 Å². The number of methoxy groups -OCH3 is 2. The summed E-state index contributed by atoms with van der Waals surface area (Å²) in [6.07, 6.45) is 1.11. The predicted molar refractivity (Wildman–Crippen MR) is 79.3 cm³/mol. The number of benzene rings is 1. The summed E-state index contributed by atoms with van der Waals surface area (Å²) in [6.45, 7) is 0. The smallest absolute Gasteiger partial charge is 0.179 e. The van der Waals surface area contributed by atoms with Crippen molar-refractivity contribution in [2.24, 2.45) is 7.05 Å². The Labute approximate surface area is 123 Å². The zero-order chi connectivity index (χ0) is 15.8. The van der Waals surface area contributed by atoms with E-state index in [0.29, 0.717) is 22.8 Å². The fraction of sp³-hybridized carbons (Fsp3) is 0.308. The lowest BCUT2D eigenvalue weighted by Gasteiger charge is -2.14. The van der Waals surface area contributed by atoms with E-state index in [0.717, 1.165) is 6.26 Å². The van der Waals surface area contributed by atoms with Gasteiger partial charge in [0, 0.05) is 19.4 Å². The van der Waals surface area contributed by atoms with Crippen LogP contribution >= 0.6 is 0 Å². The topological polar surface area (TPSA) is 96.4 Å². The van der Waals surface area contributed by atoms with Gasteiger partial charge in [-0.15, -0.1) is 0 Å². The van der Waals surface area contributed by atoms with E-state index in [1.54, 1.807) is 25.2 Å². The number of anilines is 1. The zero-order valence-corrected chi connectivity index (χ0v) is 13.1. The molecule has 0 aliphatic rings. The van der Waals surface area contributed by atoms with E-state index in [1.807, 2.05) is 0 Å². The summed E-state index contributed by atoms with van der Waals surface area (Å²) in [5.74, 6) is 1.03. The summed E-state index contributed by atoms with van der Waals surface area (Å²) in [7, 11) is 0.988. The minimum atomic E-state index is -3.56. The van der Waals surface area contributed by atoms with E-state index in [-0.39, 0.29) is 10.6 Å². The van der Waals surface area contributed by atoms with Gasteiger partial charge in [0.25, 0.3) is 0 Å². The number of nitrogens with zero attached hydrogens (tertiary/aromatic N) is 2. The van der Waals surface area contributed by atoms with Crippen LogP contribution < -0.4 is 15.2 Å². The summed E-state index contributed by atoms with van der Waals surface area (Å²) in [4.78, 5) is 0.0300. The molecular weight excluding hydrogens is 294 g/mol. The fourth-order valence-electron chi connectivity index (χ4n) is 2.09. The van der Waals surface area contributed by atoms with Crippen LogP contribution in [0, 0.1) is 0 Å². The van der Waals surface area contributed by atoms with Crippen molar-refractivity contribution < 1.29 is 17.9 Å². The third kappa shape index (κ3) is 2.66. The van der Waals surface area contributed by atoms with Crippen LogP contribution in [-0.4, -0.2) is 38.7 Å². The summed E-state index contributed by atoms with van der Waals surface area (Å²) in [5, 5.41) is 4.23. The highest BCUT2D eigenvalue weighted by atomic mass is 32.2. The lowest BCUT2D eigenvalue weighted by molar-refractivity contribution is 0.394. The van der Waals surface area contributed by atoms with E-state index in [4.69, 9.17) is 15.2 Å². The molecule has 0 radical (unpaired) electrons. The monoisotopic (exact) mass is 311 g/mol. The molecule has 0 fully saturated rings. The van der Waals surface area contributed by atoms with Crippen molar-refractivity contribution in [2.45, 2.75) is 4.90 Å². The predicted octanol–water partition coefficient (Wildman–Crippen LogP) is 1.09. The molecular formula is C13H17N3O4S. The summed E-state index contributed by atoms with van der Waals surface area (Å²) >= 11 is 0. The van der Waals surface area contributed by atoms with Crippen LogP contribution in [0.15, 0.2) is 23.1 Å². The van der Waals surface area contributed by atoms with Crippen LogP contribution in [0.25, 0.3) is 11.3 Å². The fourth-order valence-corrected chi connectivity index (χ4v) is 3.18. The van der Waals surface area contributed by atoms with Crippen molar-refractivity contribution in [1.29, 1.82) is 0 Å². The Bertz CT molecular complexity index is 761. The second-order valence-electron chi connectivity index (χ2n) is 4.52. The molecule has 0 spiro atoms. The molecule has 1 heterocycles. The average Bonchev–Trinajstić information content (AvgIpc) is 2.75. The van der Waals surface area contributed by atoms with Crippen LogP contribution in [0.1, 0.15) is 0 Å². The Balaban J connectivity index is 2.90. The standard InChI is InChI=1S/C13H17N3O4S/c1-16-11(14)7-8(15-16)12-9(19-2)5-6-10(20-3)13(12)21(4,17)18/h5-7H,14H2,1-4H3. The van der Waals surface area contributed by atoms with Gasteiger partial charge in [0.15, 0.2) is 9.84 Å². The highest BCUT2D eigenvalue weighted by Gasteiger charge is 2.26. The number of aromatic nitrogens is 2. The van der Waals surface area contributed by atoms with E-state index < -0.39 is 9.84 Å². The van der Waals surface area contributed by atoms with E-state index >= 15 is 0 Å². The van der Waals surface area contributed by atoms with Gasteiger partial charge in [-0.3, -0.25) is 4.68 Å². The summed E-state index contributed by atoms with van der Waals surface area (Å²) < 4.78 is 36.2. The normalized spacial score (nSPS) is 11.4. The van der Waals surface area contributed by atoms with Gasteiger partial charge in [0.1, 0.15) is 22.2 Å². The second-order valence-corrected chi connectivity index (χ2v) is 6.48. The number of sulfone groups is 1. The van der Waals surface area contributed by atoms with Crippen molar-refractivity contribution in [3.63, 3.8) is 0 Å². The molecule has 0 saturated heterocycles. The molecule has 2 N–H and O–H groups in total. The van der Waals surface area contributed by atoms with Gasteiger partial charge in [0.05, 0.1) is 25.5 Å². The molecule has 2 rings (SSSR count). The van der Waals surface area contributed by atoms with Crippen LogP contribution in [0.4, 0.5) is 5.82 Å². The molecule has 8 heteroatoms. The van der Waals surface area contributed by atoms with E-state index in [1.165, 1.54) is 18.9 Å². The first kappa shape index (κ1) is 15.2. The molecule has 0 bridgehead atoms. The lowest BCUT2D eigenvalue weighted by atomic mass is 10.1. The SMILES string of the molecule is COc1ccc(OC)c(S(C)(=O)=O)c1-c1cc(N)n(C)n1. The van der Waals surface area contributed by atoms with Crippen LogP contribution in [0.5, 0.6) is 11.5 Å². The van der Waals surface area contributed by atoms with Gasteiger partial charge in [-0.25, -0.2) is 8.42 Å². The molecule has 0 amide bonds. The highest BCUT2D eigenvalue weighted by Crippen LogP contribution is 2.41. The first-order valence-corrected chi connectivity index (χ1v) is 7.93. The van der Waals surface area contributed by atoms with Crippen molar-refractivity contribution in [1.82, 2.24) is 9.78 Å². The Morgan fingerprint density at radius 1 is 1.19 bits per heavy atom. The molecule has 1 aromatic carbocycles. The molecule has 0 atom stereocenters. The minimum absolute atomic E-state index is 0.0300. The number of hydrogen-bond acceptors (Lipinski definition) is 6. The third-order valence-electron chi connectivity index (χ3n) is 3.07. The van der Waals surface area contributed by atoms with Crippen LogP contribution in [-0.2, 0) is 16.9 Å². The maximum atomic E-state index is 12.2. The Kier molecular flexibility index (Phi) is 3.82. The van der Waals surface area contributed by atoms with Gasteiger partial charge in [0.2, 0.25) is 0 Å². The lowest BCUT2D eigenvalue weighted by Crippen LogP contribution is -2.05. The molecule has 1 aromatic heterocycles. The maximum Gasteiger partial charge on any atom is 0.179 e. The molecule has 0 aliphatic carbocycles. The maximum absolute atomic E-state index is 12.2. The molecule has 114 valence electrons. The Morgan fingerprint density at radius 2 is 1.76 bits per heavy atom. The Morgan fingerprint density at radius 3 is 2.19 bits per heavy atom. The van der Waals surface area contributed by atoms with Gasteiger partial charge >= 0.3 is 0 Å². The number of aryl methyl sites for hydroxylation is 1. The molecule has 2 aromatic rings. The van der Waals surface area contributed by atoms with Crippen LogP contribution in [0.2, 0.25) is 0 Å². The number of rotatable bonds is 4. The number of ether oxygens (including phenoxy) is 2. The van der Waals surface area contributed by atoms with Gasteiger partial charge in [-0.05, 0) is 12.1 Å². The van der Waals surface area contributed by atoms with E-state index in [9.17, 15) is 8.42 Å². The van der Waals surface area contributed by atoms with Crippen molar-refractivity contribution in [2.75, 3.05) is 26.2 Å². The van der Waals surface area contributed by atoms with E-state index in [2.05, 4.69) is 5.10 Å². The second kappa shape index (κ2) is 5.28. The number of hydrogen-bond donors (Lipinski definition) is 1. The molecule has 0 saturated carbocycles. The minimum Gasteiger partial charge on any atom is -0.496 e. The quantitative estimate of drug-likeness (QED) is 0.908. The molecule has 0 unspecified atom stereocenters. The molecule has 7 nitrogen and oxygen atoms in total. The molecule has 0 aliphatic heterocycles. The Hall–Kier alpha value is -2.22. The summed E-state index contributed by atoms with van der Waals surface area (Å²) in [6, 6.07) is 4.77. The van der Waals surface area contributed by atoms with Crippen molar-refractivity contribution in [3.8, 4) is 22.8 Å². The summed E-state index contributed by atoms with van der Waals surface area (Å²) in [5.41, 5.74) is 6.53.